The van der Waals surface area contributed by atoms with Crippen LogP contribution in [0.5, 0.6) is 6.01 Å². The van der Waals surface area contributed by atoms with Gasteiger partial charge in [-0.25, -0.2) is 17.6 Å². The molecule has 6 nitrogen and oxygen atoms in total. The second-order valence-corrected chi connectivity index (χ2v) is 3.69. The molecule has 2 aromatic rings. The molecule has 10 heteroatoms. The van der Waals surface area contributed by atoms with Gasteiger partial charge in [-0.2, -0.15) is 15.0 Å². The number of anilines is 3. The molecular weight excluding hydrogens is 294 g/mol. The lowest BCUT2D eigenvalue weighted by atomic mass is 10.2. The average Bonchev–Trinajstić information content (AvgIpc) is 2.49. The largest absolute Gasteiger partial charge is 0.467 e. The van der Waals surface area contributed by atoms with E-state index >= 15 is 0 Å². The molecule has 0 fully saturated rings. The molecule has 0 bridgehead atoms. The maximum atomic E-state index is 13.5. The van der Waals surface area contributed by atoms with Crippen LogP contribution in [0.4, 0.5) is 35.1 Å². The summed E-state index contributed by atoms with van der Waals surface area (Å²) >= 11 is 0. The third-order valence-electron chi connectivity index (χ3n) is 2.37. The number of hydrogen-bond acceptors (Lipinski definition) is 6. The van der Waals surface area contributed by atoms with Crippen LogP contribution in [-0.4, -0.2) is 29.1 Å². The Labute approximate surface area is 116 Å². The number of rotatable bonds is 4. The number of aromatic nitrogens is 3. The topological polar surface area (TPSA) is 72.0 Å². The second kappa shape index (κ2) is 5.77. The lowest BCUT2D eigenvalue weighted by molar-refractivity contribution is 0.379. The van der Waals surface area contributed by atoms with Crippen LogP contribution in [0.2, 0.25) is 0 Å². The molecule has 0 saturated heterocycles. The molecular formula is C11H9F4N5O. The van der Waals surface area contributed by atoms with Gasteiger partial charge in [-0.1, -0.05) is 0 Å². The summed E-state index contributed by atoms with van der Waals surface area (Å²) < 4.78 is 58.0. The molecule has 0 saturated carbocycles. The Kier molecular flexibility index (Phi) is 4.05. The van der Waals surface area contributed by atoms with Crippen molar-refractivity contribution in [3.8, 4) is 6.01 Å². The van der Waals surface area contributed by atoms with E-state index in [1.807, 2.05) is 0 Å². The maximum Gasteiger partial charge on any atom is 0.322 e. The van der Waals surface area contributed by atoms with Gasteiger partial charge in [0.25, 0.3) is 0 Å². The molecule has 2 N–H and O–H groups in total. The SMILES string of the molecule is CNc1nc(Nc2c(F)c(F)cc(F)c2F)nc(OC)n1. The third kappa shape index (κ3) is 2.93. The second-order valence-electron chi connectivity index (χ2n) is 3.69. The summed E-state index contributed by atoms with van der Waals surface area (Å²) in [5, 5.41) is 4.62. The Morgan fingerprint density at radius 2 is 1.52 bits per heavy atom. The van der Waals surface area contributed by atoms with Gasteiger partial charge in [-0.3, -0.25) is 0 Å². The first-order valence-corrected chi connectivity index (χ1v) is 5.54. The fraction of sp³-hybridized carbons (Fsp3) is 0.182. The van der Waals surface area contributed by atoms with Gasteiger partial charge in [0.15, 0.2) is 23.3 Å². The lowest BCUT2D eigenvalue weighted by Gasteiger charge is -2.10. The zero-order valence-corrected chi connectivity index (χ0v) is 10.8. The fourth-order valence-corrected chi connectivity index (χ4v) is 1.41. The monoisotopic (exact) mass is 303 g/mol. The Hall–Kier alpha value is -2.65. The van der Waals surface area contributed by atoms with Crippen LogP contribution in [-0.2, 0) is 0 Å². The maximum absolute atomic E-state index is 13.5. The highest BCUT2D eigenvalue weighted by molar-refractivity contribution is 5.56. The number of halogens is 4. The molecule has 0 spiro atoms. The standard InChI is InChI=1S/C11H9F4N5O/c1-16-9-18-10(20-11(19-9)21-2)17-8-6(14)4(12)3-5(13)7(8)15/h3H,1-2H3,(H2,16,17,18,19,20). The summed E-state index contributed by atoms with van der Waals surface area (Å²) in [6, 6.07) is -0.0578. The normalized spacial score (nSPS) is 10.4. The van der Waals surface area contributed by atoms with E-state index in [2.05, 4.69) is 25.6 Å². The van der Waals surface area contributed by atoms with E-state index in [1.165, 1.54) is 14.2 Å². The van der Waals surface area contributed by atoms with Crippen molar-refractivity contribution < 1.29 is 22.3 Å². The van der Waals surface area contributed by atoms with Gasteiger partial charge in [0, 0.05) is 13.1 Å². The zero-order valence-electron chi connectivity index (χ0n) is 10.8. The van der Waals surface area contributed by atoms with Crippen molar-refractivity contribution in [2.45, 2.75) is 0 Å². The lowest BCUT2D eigenvalue weighted by Crippen LogP contribution is -2.08. The minimum atomic E-state index is -1.60. The van der Waals surface area contributed by atoms with Gasteiger partial charge in [0.2, 0.25) is 11.9 Å². The molecule has 0 unspecified atom stereocenters. The number of ether oxygens (including phenoxy) is 1. The van der Waals surface area contributed by atoms with Crippen LogP contribution in [0.15, 0.2) is 6.07 Å². The van der Waals surface area contributed by atoms with E-state index in [0.29, 0.717) is 0 Å². The first-order valence-electron chi connectivity index (χ1n) is 5.54. The molecule has 1 aromatic carbocycles. The molecule has 0 atom stereocenters. The Bertz CT molecular complexity index is 634. The molecule has 2 rings (SSSR count). The van der Waals surface area contributed by atoms with Crippen LogP contribution in [0.1, 0.15) is 0 Å². The van der Waals surface area contributed by atoms with Gasteiger partial charge in [0.05, 0.1) is 7.11 Å². The average molecular weight is 303 g/mol. The van der Waals surface area contributed by atoms with Crippen molar-refractivity contribution in [2.75, 3.05) is 24.8 Å². The molecule has 0 aliphatic carbocycles. The number of hydrogen-bond donors (Lipinski definition) is 2. The molecule has 0 amide bonds. The first-order chi connectivity index (χ1) is 9.96. The van der Waals surface area contributed by atoms with E-state index in [1.54, 1.807) is 0 Å². The predicted octanol–water partition coefficient (Wildman–Crippen LogP) is 2.22. The van der Waals surface area contributed by atoms with Gasteiger partial charge in [-0.05, 0) is 0 Å². The molecule has 112 valence electrons. The number of methoxy groups -OCH3 is 1. The van der Waals surface area contributed by atoms with E-state index in [-0.39, 0.29) is 24.0 Å². The summed E-state index contributed by atoms with van der Waals surface area (Å²) in [5.74, 6) is -6.62. The fourth-order valence-electron chi connectivity index (χ4n) is 1.41. The van der Waals surface area contributed by atoms with Crippen LogP contribution >= 0.6 is 0 Å². The molecule has 1 heterocycles. The summed E-state index contributed by atoms with van der Waals surface area (Å²) in [4.78, 5) is 11.2. The summed E-state index contributed by atoms with van der Waals surface area (Å²) in [5.41, 5.74) is -1.05. The van der Waals surface area contributed by atoms with Gasteiger partial charge >= 0.3 is 6.01 Å². The van der Waals surface area contributed by atoms with Crippen molar-refractivity contribution in [3.05, 3.63) is 29.3 Å². The molecule has 21 heavy (non-hydrogen) atoms. The Morgan fingerprint density at radius 1 is 0.952 bits per heavy atom. The summed E-state index contributed by atoms with van der Waals surface area (Å²) in [7, 11) is 2.75. The predicted molar refractivity (Wildman–Crippen MR) is 65.5 cm³/mol. The first kappa shape index (κ1) is 14.8. The van der Waals surface area contributed by atoms with Crippen molar-refractivity contribution in [2.24, 2.45) is 0 Å². The molecule has 1 aromatic heterocycles. The highest BCUT2D eigenvalue weighted by Gasteiger charge is 2.20. The smallest absolute Gasteiger partial charge is 0.322 e. The van der Waals surface area contributed by atoms with Crippen molar-refractivity contribution in [3.63, 3.8) is 0 Å². The molecule has 0 aliphatic heterocycles. The quantitative estimate of drug-likeness (QED) is 0.666. The van der Waals surface area contributed by atoms with Crippen LogP contribution in [0.3, 0.4) is 0 Å². The Morgan fingerprint density at radius 3 is 2.05 bits per heavy atom. The van der Waals surface area contributed by atoms with Crippen LogP contribution in [0.25, 0.3) is 0 Å². The number of benzene rings is 1. The summed E-state index contributed by atoms with van der Waals surface area (Å²) in [6.07, 6.45) is 0. The number of nitrogens with one attached hydrogen (secondary N) is 2. The van der Waals surface area contributed by atoms with E-state index in [9.17, 15) is 17.6 Å². The van der Waals surface area contributed by atoms with Crippen molar-refractivity contribution in [1.29, 1.82) is 0 Å². The molecule has 0 aliphatic rings. The van der Waals surface area contributed by atoms with E-state index in [0.717, 1.165) is 0 Å². The van der Waals surface area contributed by atoms with E-state index < -0.39 is 29.0 Å². The van der Waals surface area contributed by atoms with Crippen molar-refractivity contribution >= 4 is 17.6 Å². The van der Waals surface area contributed by atoms with Crippen molar-refractivity contribution in [1.82, 2.24) is 15.0 Å². The minimum absolute atomic E-state index is 0.0297. The highest BCUT2D eigenvalue weighted by Crippen LogP contribution is 2.26. The molecule has 0 radical (unpaired) electrons. The van der Waals surface area contributed by atoms with Crippen LogP contribution in [0, 0.1) is 23.3 Å². The van der Waals surface area contributed by atoms with Gasteiger partial charge < -0.3 is 15.4 Å². The number of nitrogens with zero attached hydrogens (tertiary/aromatic N) is 3. The van der Waals surface area contributed by atoms with Gasteiger partial charge in [0.1, 0.15) is 5.69 Å². The third-order valence-corrected chi connectivity index (χ3v) is 2.37. The highest BCUT2D eigenvalue weighted by atomic mass is 19.2. The Balaban J connectivity index is 2.47. The van der Waals surface area contributed by atoms with E-state index in [4.69, 9.17) is 4.74 Å². The summed E-state index contributed by atoms with van der Waals surface area (Å²) in [6.45, 7) is 0. The van der Waals surface area contributed by atoms with Gasteiger partial charge in [-0.15, -0.1) is 0 Å². The minimum Gasteiger partial charge on any atom is -0.467 e. The van der Waals surface area contributed by atoms with Crippen LogP contribution < -0.4 is 15.4 Å². The zero-order chi connectivity index (χ0) is 15.6.